The average Bonchev–Trinajstić information content (AvgIpc) is 2.11. The molecule has 0 aromatic heterocycles. The molecule has 0 saturated heterocycles. The van der Waals surface area contributed by atoms with Crippen LogP contribution in [-0.2, 0) is 0 Å². The Hall–Kier alpha value is -0.560. The number of allylic oxidation sites excluding steroid dienone is 2. The van der Waals surface area contributed by atoms with Gasteiger partial charge in [-0.3, -0.25) is 0 Å². The summed E-state index contributed by atoms with van der Waals surface area (Å²) in [6.07, 6.45) is 5.39. The van der Waals surface area contributed by atoms with Gasteiger partial charge in [0.15, 0.2) is 0 Å². The Labute approximate surface area is 95.4 Å². The zero-order valence-electron chi connectivity index (χ0n) is 11.2. The van der Waals surface area contributed by atoms with E-state index in [0.29, 0.717) is 5.92 Å². The molecule has 0 aliphatic carbocycles. The Balaban J connectivity index is 5.14. The van der Waals surface area contributed by atoms with Crippen LogP contribution in [0.25, 0.3) is 0 Å². The van der Waals surface area contributed by atoms with Crippen LogP contribution < -0.4 is 5.73 Å². The second kappa shape index (κ2) is 4.98. The van der Waals surface area contributed by atoms with Crippen molar-refractivity contribution in [3.63, 3.8) is 0 Å². The Kier molecular flexibility index (Phi) is 4.79. The van der Waals surface area contributed by atoms with Gasteiger partial charge >= 0.3 is 0 Å². The highest BCUT2D eigenvalue weighted by Gasteiger charge is 2.35. The number of rotatable bonds is 5. The molecule has 0 fully saturated rings. The predicted octanol–water partition coefficient (Wildman–Crippen LogP) is 3.91. The Morgan fingerprint density at radius 2 is 1.80 bits per heavy atom. The van der Waals surface area contributed by atoms with Crippen LogP contribution in [-0.4, -0.2) is 5.54 Å². The third kappa shape index (κ3) is 3.49. The van der Waals surface area contributed by atoms with Gasteiger partial charge in [-0.1, -0.05) is 52.8 Å². The monoisotopic (exact) mass is 209 g/mol. The highest BCUT2D eigenvalue weighted by Crippen LogP contribution is 2.37. The zero-order valence-corrected chi connectivity index (χ0v) is 11.2. The first kappa shape index (κ1) is 14.4. The molecule has 88 valence electrons. The van der Waals surface area contributed by atoms with Gasteiger partial charge in [0.1, 0.15) is 0 Å². The smallest absolute Gasteiger partial charge is 0.0189 e. The molecule has 0 aliphatic rings. The van der Waals surface area contributed by atoms with Crippen molar-refractivity contribution in [1.29, 1.82) is 0 Å². The Bertz CT molecular complexity index is 241. The number of hydrogen-bond donors (Lipinski definition) is 1. The van der Waals surface area contributed by atoms with E-state index >= 15 is 0 Å². The van der Waals surface area contributed by atoms with Crippen molar-refractivity contribution in [2.24, 2.45) is 17.1 Å². The molecule has 1 heteroatoms. The van der Waals surface area contributed by atoms with Crippen LogP contribution in [0, 0.1) is 11.3 Å². The van der Waals surface area contributed by atoms with Crippen LogP contribution in [0.15, 0.2) is 24.3 Å². The summed E-state index contributed by atoms with van der Waals surface area (Å²) in [6, 6.07) is 0. The van der Waals surface area contributed by atoms with Gasteiger partial charge in [-0.25, -0.2) is 0 Å². The van der Waals surface area contributed by atoms with Gasteiger partial charge in [-0.2, -0.15) is 0 Å². The van der Waals surface area contributed by atoms with E-state index in [2.05, 4.69) is 54.2 Å². The minimum atomic E-state index is -0.236. The zero-order chi connectivity index (χ0) is 12.3. The molecule has 0 rings (SSSR count). The standard InChI is InChI=1S/C14H27N/c1-8-11(3)10-12(9-2)13(4,5)14(6,7)15/h9-11H,2,8,15H2,1,3-7H3/b12-10+. The second-order valence-corrected chi connectivity index (χ2v) is 5.56. The normalized spacial score (nSPS) is 16.3. The van der Waals surface area contributed by atoms with Crippen molar-refractivity contribution < 1.29 is 0 Å². The highest BCUT2D eigenvalue weighted by atomic mass is 14.8. The first-order valence-corrected chi connectivity index (χ1v) is 5.80. The van der Waals surface area contributed by atoms with Gasteiger partial charge in [-0.05, 0) is 25.3 Å². The van der Waals surface area contributed by atoms with E-state index in [4.69, 9.17) is 5.73 Å². The van der Waals surface area contributed by atoms with Gasteiger partial charge in [0.2, 0.25) is 0 Å². The van der Waals surface area contributed by atoms with Gasteiger partial charge in [0, 0.05) is 11.0 Å². The molecule has 1 unspecified atom stereocenters. The topological polar surface area (TPSA) is 26.0 Å². The minimum absolute atomic E-state index is 0.0435. The summed E-state index contributed by atoms with van der Waals surface area (Å²) in [5.74, 6) is 0.583. The molecule has 2 N–H and O–H groups in total. The van der Waals surface area contributed by atoms with Gasteiger partial charge in [-0.15, -0.1) is 0 Å². The number of nitrogens with two attached hydrogens (primary N) is 1. The molecule has 0 heterocycles. The maximum Gasteiger partial charge on any atom is 0.0189 e. The maximum absolute atomic E-state index is 6.22. The molecule has 0 amide bonds. The van der Waals surface area contributed by atoms with Crippen LogP contribution in [0.2, 0.25) is 0 Å². The summed E-state index contributed by atoms with van der Waals surface area (Å²) in [4.78, 5) is 0. The molecule has 0 aliphatic heterocycles. The Morgan fingerprint density at radius 1 is 1.33 bits per heavy atom. The van der Waals surface area contributed by atoms with E-state index in [9.17, 15) is 0 Å². The average molecular weight is 209 g/mol. The van der Waals surface area contributed by atoms with Crippen molar-refractivity contribution in [3.05, 3.63) is 24.3 Å². The van der Waals surface area contributed by atoms with Gasteiger partial charge < -0.3 is 5.73 Å². The lowest BCUT2D eigenvalue weighted by Crippen LogP contribution is -2.48. The fourth-order valence-corrected chi connectivity index (χ4v) is 1.33. The van der Waals surface area contributed by atoms with E-state index < -0.39 is 0 Å². The molecule has 1 atom stereocenters. The molecule has 0 saturated carbocycles. The fourth-order valence-electron chi connectivity index (χ4n) is 1.33. The molecular formula is C14H27N. The molecule has 0 bridgehead atoms. The lowest BCUT2D eigenvalue weighted by Gasteiger charge is -2.40. The van der Waals surface area contributed by atoms with Crippen LogP contribution in [0.4, 0.5) is 0 Å². The summed E-state index contributed by atoms with van der Waals surface area (Å²) in [5.41, 5.74) is 7.19. The van der Waals surface area contributed by atoms with Crippen LogP contribution in [0.3, 0.4) is 0 Å². The maximum atomic E-state index is 6.22. The lowest BCUT2D eigenvalue weighted by molar-refractivity contribution is 0.257. The first-order chi connectivity index (χ1) is 6.66. The van der Waals surface area contributed by atoms with Crippen LogP contribution in [0.5, 0.6) is 0 Å². The van der Waals surface area contributed by atoms with Gasteiger partial charge in [0.25, 0.3) is 0 Å². The molecular weight excluding hydrogens is 182 g/mol. The van der Waals surface area contributed by atoms with Crippen LogP contribution in [0.1, 0.15) is 48.0 Å². The SMILES string of the molecule is C=C/C(=C\C(C)CC)C(C)(C)C(C)(C)N. The van der Waals surface area contributed by atoms with Crippen molar-refractivity contribution >= 4 is 0 Å². The second-order valence-electron chi connectivity index (χ2n) is 5.56. The number of hydrogen-bond acceptors (Lipinski definition) is 1. The molecule has 0 spiro atoms. The van der Waals surface area contributed by atoms with E-state index in [0.717, 1.165) is 6.42 Å². The fraction of sp³-hybridized carbons (Fsp3) is 0.714. The van der Waals surface area contributed by atoms with Gasteiger partial charge in [0.05, 0.1) is 0 Å². The highest BCUT2D eigenvalue weighted by molar-refractivity contribution is 5.28. The van der Waals surface area contributed by atoms with E-state index in [-0.39, 0.29) is 11.0 Å². The molecule has 0 radical (unpaired) electrons. The molecule has 15 heavy (non-hydrogen) atoms. The molecule has 0 aromatic rings. The first-order valence-electron chi connectivity index (χ1n) is 5.80. The summed E-state index contributed by atoms with van der Waals surface area (Å²) in [5, 5.41) is 0. The molecule has 1 nitrogen and oxygen atoms in total. The quantitative estimate of drug-likeness (QED) is 0.683. The Morgan fingerprint density at radius 3 is 2.07 bits per heavy atom. The minimum Gasteiger partial charge on any atom is -0.325 e. The third-order valence-electron chi connectivity index (χ3n) is 3.66. The summed E-state index contributed by atoms with van der Waals surface area (Å²) < 4.78 is 0. The van der Waals surface area contributed by atoms with Crippen molar-refractivity contribution in [2.75, 3.05) is 0 Å². The summed E-state index contributed by atoms with van der Waals surface area (Å²) >= 11 is 0. The summed E-state index contributed by atoms with van der Waals surface area (Å²) in [7, 11) is 0. The largest absolute Gasteiger partial charge is 0.325 e. The van der Waals surface area contributed by atoms with E-state index in [1.165, 1.54) is 5.57 Å². The summed E-state index contributed by atoms with van der Waals surface area (Å²) in [6.45, 7) is 16.8. The van der Waals surface area contributed by atoms with Crippen molar-refractivity contribution in [1.82, 2.24) is 0 Å². The van der Waals surface area contributed by atoms with E-state index in [1.54, 1.807) is 0 Å². The van der Waals surface area contributed by atoms with Crippen molar-refractivity contribution in [3.8, 4) is 0 Å². The van der Waals surface area contributed by atoms with Crippen molar-refractivity contribution in [2.45, 2.75) is 53.5 Å². The predicted molar refractivity (Wildman–Crippen MR) is 69.8 cm³/mol. The van der Waals surface area contributed by atoms with E-state index in [1.807, 2.05) is 6.08 Å². The van der Waals surface area contributed by atoms with Crippen LogP contribution >= 0.6 is 0 Å². The molecule has 0 aromatic carbocycles. The third-order valence-corrected chi connectivity index (χ3v) is 3.66. The lowest BCUT2D eigenvalue weighted by atomic mass is 9.69.